The summed E-state index contributed by atoms with van der Waals surface area (Å²) in [7, 11) is 1.71. The molecule has 5 nitrogen and oxygen atoms in total. The van der Waals surface area contributed by atoms with Crippen LogP contribution in [0.4, 0.5) is 0 Å². The first-order valence-electron chi connectivity index (χ1n) is 9.68. The third-order valence-electron chi connectivity index (χ3n) is 5.54. The van der Waals surface area contributed by atoms with Crippen molar-refractivity contribution in [1.82, 2.24) is 15.5 Å². The van der Waals surface area contributed by atoms with Gasteiger partial charge in [0, 0.05) is 23.5 Å². The highest BCUT2D eigenvalue weighted by Crippen LogP contribution is 2.30. The van der Waals surface area contributed by atoms with E-state index >= 15 is 0 Å². The summed E-state index contributed by atoms with van der Waals surface area (Å²) in [5, 5.41) is 12.0. The molecule has 0 aliphatic heterocycles. The quantitative estimate of drug-likeness (QED) is 0.681. The highest BCUT2D eigenvalue weighted by Gasteiger charge is 2.23. The molecule has 1 heterocycles. The minimum absolute atomic E-state index is 0.294. The van der Waals surface area contributed by atoms with Crippen molar-refractivity contribution < 1.29 is 9.47 Å². The Balaban J connectivity index is 1.29. The van der Waals surface area contributed by atoms with E-state index in [9.17, 15) is 0 Å². The van der Waals surface area contributed by atoms with Crippen LogP contribution in [0.2, 0.25) is 0 Å². The second kappa shape index (κ2) is 8.01. The summed E-state index contributed by atoms with van der Waals surface area (Å²) < 4.78 is 11.6. The van der Waals surface area contributed by atoms with Crippen molar-refractivity contribution in [3.8, 4) is 11.5 Å². The highest BCUT2D eigenvalue weighted by molar-refractivity contribution is 5.83. The number of aryl methyl sites for hydroxylation is 1. The van der Waals surface area contributed by atoms with Crippen molar-refractivity contribution in [3.63, 3.8) is 0 Å². The van der Waals surface area contributed by atoms with Gasteiger partial charge in [-0.05, 0) is 62.4 Å². The maximum Gasteiger partial charge on any atom is 0.123 e. The minimum Gasteiger partial charge on any atom is -0.497 e. The van der Waals surface area contributed by atoms with Gasteiger partial charge in [-0.2, -0.15) is 5.10 Å². The Labute approximate surface area is 160 Å². The molecule has 3 aromatic rings. The summed E-state index contributed by atoms with van der Waals surface area (Å²) in [6.07, 6.45) is 6.61. The zero-order chi connectivity index (χ0) is 18.6. The molecule has 0 bridgehead atoms. The number of H-pyrrole nitrogens is 1. The van der Waals surface area contributed by atoms with Gasteiger partial charge >= 0.3 is 0 Å². The normalized spacial score (nSPS) is 19.9. The summed E-state index contributed by atoms with van der Waals surface area (Å²) in [5.41, 5.74) is 3.49. The molecule has 0 amide bonds. The standard InChI is InChI=1S/C22H27N3O2/c1-15-20-14-24-25-21(20)10-11-22(15)27-18-8-6-17(7-9-18)23-13-16-4-3-5-19(12-16)26-2/h3-5,10-12,14,17-18,23H,6-9,13H2,1-2H3,(H,24,25). The lowest BCUT2D eigenvalue weighted by Crippen LogP contribution is -2.36. The molecule has 27 heavy (non-hydrogen) atoms. The van der Waals surface area contributed by atoms with Crippen LogP contribution in [0.5, 0.6) is 11.5 Å². The van der Waals surface area contributed by atoms with Crippen molar-refractivity contribution in [1.29, 1.82) is 0 Å². The number of hydrogen-bond donors (Lipinski definition) is 2. The Bertz CT molecular complexity index is 897. The molecule has 0 radical (unpaired) electrons. The third kappa shape index (κ3) is 4.08. The second-order valence-electron chi connectivity index (χ2n) is 7.34. The monoisotopic (exact) mass is 365 g/mol. The van der Waals surface area contributed by atoms with E-state index in [1.807, 2.05) is 24.4 Å². The number of methoxy groups -OCH3 is 1. The average Bonchev–Trinajstić information content (AvgIpc) is 3.19. The van der Waals surface area contributed by atoms with Gasteiger partial charge in [0.25, 0.3) is 0 Å². The molecule has 1 aliphatic rings. The maximum absolute atomic E-state index is 6.32. The van der Waals surface area contributed by atoms with Gasteiger partial charge in [0.2, 0.25) is 0 Å². The maximum atomic E-state index is 6.32. The summed E-state index contributed by atoms with van der Waals surface area (Å²) in [5.74, 6) is 1.90. The van der Waals surface area contributed by atoms with Crippen LogP contribution in [0.3, 0.4) is 0 Å². The molecule has 0 spiro atoms. The molecule has 1 saturated carbocycles. The molecule has 4 rings (SSSR count). The number of nitrogens with one attached hydrogen (secondary N) is 2. The van der Waals surface area contributed by atoms with E-state index in [2.05, 4.69) is 40.6 Å². The van der Waals surface area contributed by atoms with Crippen molar-refractivity contribution in [2.75, 3.05) is 7.11 Å². The Kier molecular flexibility index (Phi) is 5.30. The molecule has 2 N–H and O–H groups in total. The fourth-order valence-electron chi connectivity index (χ4n) is 3.88. The van der Waals surface area contributed by atoms with E-state index in [0.717, 1.165) is 54.6 Å². The van der Waals surface area contributed by atoms with Crippen molar-refractivity contribution in [2.24, 2.45) is 0 Å². The van der Waals surface area contributed by atoms with Crippen LogP contribution in [0.25, 0.3) is 10.9 Å². The van der Waals surface area contributed by atoms with E-state index in [0.29, 0.717) is 12.1 Å². The summed E-state index contributed by atoms with van der Waals surface area (Å²) >= 11 is 0. The van der Waals surface area contributed by atoms with Crippen LogP contribution in [0.1, 0.15) is 36.8 Å². The van der Waals surface area contributed by atoms with Crippen LogP contribution in [-0.2, 0) is 6.54 Å². The van der Waals surface area contributed by atoms with E-state index in [-0.39, 0.29) is 0 Å². The number of ether oxygens (including phenoxy) is 2. The minimum atomic E-state index is 0.294. The first-order valence-corrected chi connectivity index (χ1v) is 9.68. The largest absolute Gasteiger partial charge is 0.497 e. The van der Waals surface area contributed by atoms with Gasteiger partial charge in [0.1, 0.15) is 11.5 Å². The molecule has 2 aromatic carbocycles. The van der Waals surface area contributed by atoms with Gasteiger partial charge < -0.3 is 14.8 Å². The lowest BCUT2D eigenvalue weighted by atomic mass is 9.92. The van der Waals surface area contributed by atoms with E-state index < -0.39 is 0 Å². The third-order valence-corrected chi connectivity index (χ3v) is 5.54. The van der Waals surface area contributed by atoms with Gasteiger partial charge in [-0.3, -0.25) is 5.10 Å². The topological polar surface area (TPSA) is 59.2 Å². The number of aromatic nitrogens is 2. The van der Waals surface area contributed by atoms with Crippen molar-refractivity contribution >= 4 is 10.9 Å². The number of aromatic amines is 1. The lowest BCUT2D eigenvalue weighted by Gasteiger charge is -2.30. The Morgan fingerprint density at radius 3 is 2.81 bits per heavy atom. The highest BCUT2D eigenvalue weighted by atomic mass is 16.5. The summed E-state index contributed by atoms with van der Waals surface area (Å²) in [4.78, 5) is 0. The molecule has 1 aromatic heterocycles. The first kappa shape index (κ1) is 17.9. The van der Waals surface area contributed by atoms with Crippen LogP contribution >= 0.6 is 0 Å². The SMILES string of the molecule is COc1cccc(CNC2CCC(Oc3ccc4[nH]ncc4c3C)CC2)c1. The number of hydrogen-bond acceptors (Lipinski definition) is 4. The fourth-order valence-corrected chi connectivity index (χ4v) is 3.88. The smallest absolute Gasteiger partial charge is 0.123 e. The predicted octanol–water partition coefficient (Wildman–Crippen LogP) is 4.36. The number of rotatable bonds is 6. The van der Waals surface area contributed by atoms with Crippen molar-refractivity contribution in [2.45, 2.75) is 51.3 Å². The van der Waals surface area contributed by atoms with Crippen LogP contribution in [0, 0.1) is 6.92 Å². The van der Waals surface area contributed by atoms with E-state index in [1.165, 1.54) is 11.1 Å². The van der Waals surface area contributed by atoms with Crippen LogP contribution < -0.4 is 14.8 Å². The predicted molar refractivity (Wildman–Crippen MR) is 107 cm³/mol. The van der Waals surface area contributed by atoms with Gasteiger partial charge in [0.05, 0.1) is 24.9 Å². The molecule has 142 valence electrons. The second-order valence-corrected chi connectivity index (χ2v) is 7.34. The van der Waals surface area contributed by atoms with Gasteiger partial charge in [0.15, 0.2) is 0 Å². The van der Waals surface area contributed by atoms with Gasteiger partial charge in [-0.25, -0.2) is 0 Å². The molecule has 1 fully saturated rings. The molecule has 0 saturated heterocycles. The zero-order valence-electron chi connectivity index (χ0n) is 16.0. The van der Waals surface area contributed by atoms with E-state index in [1.54, 1.807) is 7.11 Å². The molecule has 5 heteroatoms. The number of fused-ring (bicyclic) bond motifs is 1. The molecule has 0 atom stereocenters. The molecule has 1 aliphatic carbocycles. The molecular formula is C22H27N3O2. The molecule has 0 unspecified atom stereocenters. The summed E-state index contributed by atoms with van der Waals surface area (Å²) in [6, 6.07) is 12.9. The van der Waals surface area contributed by atoms with E-state index in [4.69, 9.17) is 9.47 Å². The van der Waals surface area contributed by atoms with Crippen LogP contribution in [-0.4, -0.2) is 29.5 Å². The average molecular weight is 365 g/mol. The van der Waals surface area contributed by atoms with Gasteiger partial charge in [-0.1, -0.05) is 12.1 Å². The Morgan fingerprint density at radius 2 is 2.00 bits per heavy atom. The Hall–Kier alpha value is -2.53. The van der Waals surface area contributed by atoms with Crippen LogP contribution in [0.15, 0.2) is 42.6 Å². The first-order chi connectivity index (χ1) is 13.2. The van der Waals surface area contributed by atoms with Gasteiger partial charge in [-0.15, -0.1) is 0 Å². The lowest BCUT2D eigenvalue weighted by molar-refractivity contribution is 0.138. The number of benzene rings is 2. The zero-order valence-corrected chi connectivity index (χ0v) is 16.0. The summed E-state index contributed by atoms with van der Waals surface area (Å²) in [6.45, 7) is 2.98. The number of nitrogens with zero attached hydrogens (tertiary/aromatic N) is 1. The fraction of sp³-hybridized carbons (Fsp3) is 0.409. The van der Waals surface area contributed by atoms with Crippen molar-refractivity contribution in [3.05, 3.63) is 53.7 Å². The Morgan fingerprint density at radius 1 is 1.15 bits per heavy atom. The molecular weight excluding hydrogens is 338 g/mol.